The van der Waals surface area contributed by atoms with E-state index in [0.717, 1.165) is 11.1 Å². The van der Waals surface area contributed by atoms with Crippen molar-refractivity contribution < 1.29 is 17.9 Å². The Morgan fingerprint density at radius 3 is 1.68 bits per heavy atom. The van der Waals surface area contributed by atoms with E-state index in [4.69, 9.17) is 9.47 Å². The van der Waals surface area contributed by atoms with Gasteiger partial charge in [-0.15, -0.1) is 0 Å². The van der Waals surface area contributed by atoms with Crippen molar-refractivity contribution in [3.05, 3.63) is 90.0 Å². The van der Waals surface area contributed by atoms with Gasteiger partial charge in [0, 0.05) is 13.1 Å². The molecule has 0 aliphatic carbocycles. The van der Waals surface area contributed by atoms with Gasteiger partial charge in [-0.2, -0.15) is 4.31 Å². The molecular formula is C22H23NO4S. The largest absolute Gasteiger partial charge is 0.497 e. The average Bonchev–Trinajstić information content (AvgIpc) is 2.74. The van der Waals surface area contributed by atoms with Crippen LogP contribution in [-0.4, -0.2) is 26.9 Å². The number of sulfonamides is 1. The maximum absolute atomic E-state index is 13.3. The van der Waals surface area contributed by atoms with Gasteiger partial charge in [-0.3, -0.25) is 0 Å². The molecule has 146 valence electrons. The summed E-state index contributed by atoms with van der Waals surface area (Å²) in [5, 5.41) is 0. The lowest BCUT2D eigenvalue weighted by Gasteiger charge is -2.23. The van der Waals surface area contributed by atoms with Gasteiger partial charge in [0.25, 0.3) is 0 Å². The van der Waals surface area contributed by atoms with Crippen LogP contribution >= 0.6 is 0 Å². The first kappa shape index (κ1) is 19.9. The van der Waals surface area contributed by atoms with Crippen LogP contribution < -0.4 is 9.47 Å². The fourth-order valence-corrected chi connectivity index (χ4v) is 4.35. The Morgan fingerprint density at radius 1 is 0.714 bits per heavy atom. The summed E-state index contributed by atoms with van der Waals surface area (Å²) in [6, 6.07) is 23.3. The number of rotatable bonds is 8. The Kier molecular flexibility index (Phi) is 6.34. The molecule has 0 amide bonds. The van der Waals surface area contributed by atoms with Crippen molar-refractivity contribution >= 4 is 10.0 Å². The van der Waals surface area contributed by atoms with E-state index in [-0.39, 0.29) is 18.0 Å². The maximum Gasteiger partial charge on any atom is 0.243 e. The van der Waals surface area contributed by atoms with E-state index in [0.29, 0.717) is 11.5 Å². The second-order valence-electron chi connectivity index (χ2n) is 6.29. The molecule has 3 aromatic rings. The highest BCUT2D eigenvalue weighted by atomic mass is 32.2. The van der Waals surface area contributed by atoms with Crippen molar-refractivity contribution in [2.24, 2.45) is 0 Å². The van der Waals surface area contributed by atoms with E-state index < -0.39 is 10.0 Å². The minimum atomic E-state index is -3.68. The molecule has 0 radical (unpaired) electrons. The summed E-state index contributed by atoms with van der Waals surface area (Å²) in [7, 11) is -0.503. The number of ether oxygens (including phenoxy) is 2. The molecule has 0 atom stereocenters. The zero-order chi connectivity index (χ0) is 20.0. The van der Waals surface area contributed by atoms with E-state index in [1.165, 1.54) is 4.31 Å². The number of nitrogens with zero attached hydrogens (tertiary/aromatic N) is 1. The highest BCUT2D eigenvalue weighted by Gasteiger charge is 2.25. The Morgan fingerprint density at radius 2 is 1.21 bits per heavy atom. The molecule has 0 fully saturated rings. The molecule has 0 spiro atoms. The van der Waals surface area contributed by atoms with Crippen LogP contribution in [0, 0.1) is 0 Å². The van der Waals surface area contributed by atoms with Crippen molar-refractivity contribution in [1.82, 2.24) is 4.31 Å². The smallest absolute Gasteiger partial charge is 0.243 e. The third kappa shape index (κ3) is 4.71. The maximum atomic E-state index is 13.3. The van der Waals surface area contributed by atoms with E-state index in [9.17, 15) is 8.42 Å². The van der Waals surface area contributed by atoms with Gasteiger partial charge < -0.3 is 9.47 Å². The van der Waals surface area contributed by atoms with Crippen molar-refractivity contribution in [3.63, 3.8) is 0 Å². The number of methoxy groups -OCH3 is 2. The minimum absolute atomic E-state index is 0.228. The Balaban J connectivity index is 1.97. The molecule has 0 aromatic heterocycles. The summed E-state index contributed by atoms with van der Waals surface area (Å²) in [6.07, 6.45) is 0. The van der Waals surface area contributed by atoms with Gasteiger partial charge in [0.2, 0.25) is 10.0 Å². The van der Waals surface area contributed by atoms with E-state index >= 15 is 0 Å². The monoisotopic (exact) mass is 397 g/mol. The third-order valence-corrected chi connectivity index (χ3v) is 6.17. The van der Waals surface area contributed by atoms with Crippen molar-refractivity contribution in [3.8, 4) is 11.5 Å². The zero-order valence-electron chi connectivity index (χ0n) is 15.9. The van der Waals surface area contributed by atoms with Gasteiger partial charge in [0.1, 0.15) is 11.5 Å². The van der Waals surface area contributed by atoms with Crippen LogP contribution in [0.2, 0.25) is 0 Å². The van der Waals surface area contributed by atoms with Crippen molar-refractivity contribution in [1.29, 1.82) is 0 Å². The molecule has 0 bridgehead atoms. The second kappa shape index (κ2) is 8.91. The Hall–Kier alpha value is -2.83. The molecule has 6 heteroatoms. The Labute approximate surface area is 166 Å². The van der Waals surface area contributed by atoms with Crippen LogP contribution in [0.25, 0.3) is 0 Å². The van der Waals surface area contributed by atoms with Crippen LogP contribution in [0.5, 0.6) is 11.5 Å². The first-order valence-corrected chi connectivity index (χ1v) is 10.3. The van der Waals surface area contributed by atoms with Crippen molar-refractivity contribution in [2.45, 2.75) is 18.0 Å². The average molecular weight is 397 g/mol. The molecular weight excluding hydrogens is 374 g/mol. The van der Waals surface area contributed by atoms with Crippen LogP contribution in [0.15, 0.2) is 83.8 Å². The SMILES string of the molecule is COc1cccc(CN(Cc2cccc(OC)c2)S(=O)(=O)c2ccccc2)c1. The summed E-state index contributed by atoms with van der Waals surface area (Å²) < 4.78 is 38.6. The first-order valence-electron chi connectivity index (χ1n) is 8.84. The molecule has 0 heterocycles. The Bertz CT molecular complexity index is 970. The lowest BCUT2D eigenvalue weighted by molar-refractivity contribution is 0.392. The summed E-state index contributed by atoms with van der Waals surface area (Å²) >= 11 is 0. The highest BCUT2D eigenvalue weighted by Crippen LogP contribution is 2.24. The summed E-state index contributed by atoms with van der Waals surface area (Å²) in [4.78, 5) is 0.265. The topological polar surface area (TPSA) is 55.8 Å². The van der Waals surface area contributed by atoms with E-state index in [1.54, 1.807) is 44.6 Å². The predicted molar refractivity (Wildman–Crippen MR) is 109 cm³/mol. The zero-order valence-corrected chi connectivity index (χ0v) is 16.7. The van der Waals surface area contributed by atoms with E-state index in [1.807, 2.05) is 48.5 Å². The quantitative estimate of drug-likeness (QED) is 0.574. The van der Waals surface area contributed by atoms with Crippen LogP contribution in [0.3, 0.4) is 0 Å². The van der Waals surface area contributed by atoms with Gasteiger partial charge in [-0.1, -0.05) is 42.5 Å². The predicted octanol–water partition coefficient (Wildman–Crippen LogP) is 4.09. The van der Waals surface area contributed by atoms with Gasteiger partial charge in [-0.25, -0.2) is 8.42 Å². The van der Waals surface area contributed by atoms with Crippen LogP contribution in [-0.2, 0) is 23.1 Å². The van der Waals surface area contributed by atoms with Gasteiger partial charge in [-0.05, 0) is 47.5 Å². The lowest BCUT2D eigenvalue weighted by Crippen LogP contribution is -2.30. The van der Waals surface area contributed by atoms with Gasteiger partial charge in [0.15, 0.2) is 0 Å². The standard InChI is InChI=1S/C22H23NO4S/c1-26-20-10-6-8-18(14-20)16-23(17-19-9-7-11-21(15-19)27-2)28(24,25)22-12-4-3-5-13-22/h3-15H,16-17H2,1-2H3. The minimum Gasteiger partial charge on any atom is -0.497 e. The summed E-state index contributed by atoms with van der Waals surface area (Å²) in [6.45, 7) is 0.456. The third-order valence-electron chi connectivity index (χ3n) is 4.37. The summed E-state index contributed by atoms with van der Waals surface area (Å²) in [5.74, 6) is 1.38. The number of hydrogen-bond acceptors (Lipinski definition) is 4. The molecule has 28 heavy (non-hydrogen) atoms. The van der Waals surface area contributed by atoms with Gasteiger partial charge in [0.05, 0.1) is 19.1 Å². The molecule has 3 rings (SSSR count). The second-order valence-corrected chi connectivity index (χ2v) is 8.23. The van der Waals surface area contributed by atoms with Gasteiger partial charge >= 0.3 is 0 Å². The normalized spacial score (nSPS) is 11.4. The number of benzene rings is 3. The molecule has 3 aromatic carbocycles. The molecule has 0 aliphatic rings. The van der Waals surface area contributed by atoms with E-state index in [2.05, 4.69) is 0 Å². The summed E-state index contributed by atoms with van der Waals surface area (Å²) in [5.41, 5.74) is 1.70. The van der Waals surface area contributed by atoms with Crippen LogP contribution in [0.4, 0.5) is 0 Å². The van der Waals surface area contributed by atoms with Crippen molar-refractivity contribution in [2.75, 3.05) is 14.2 Å². The van der Waals surface area contributed by atoms with Crippen LogP contribution in [0.1, 0.15) is 11.1 Å². The fraction of sp³-hybridized carbons (Fsp3) is 0.182. The molecule has 0 unspecified atom stereocenters. The molecule has 0 N–H and O–H groups in total. The lowest BCUT2D eigenvalue weighted by atomic mass is 10.2. The molecule has 0 aliphatic heterocycles. The first-order chi connectivity index (χ1) is 13.5. The molecule has 0 saturated heterocycles. The number of hydrogen-bond donors (Lipinski definition) is 0. The molecule has 5 nitrogen and oxygen atoms in total. The highest BCUT2D eigenvalue weighted by molar-refractivity contribution is 7.89. The fourth-order valence-electron chi connectivity index (χ4n) is 2.92. The molecule has 0 saturated carbocycles.